The van der Waals surface area contributed by atoms with Crippen LogP contribution in [0.1, 0.15) is 41.9 Å². The monoisotopic (exact) mass is 275 g/mol. The van der Waals surface area contributed by atoms with Gasteiger partial charge in [-0.3, -0.25) is 0 Å². The summed E-state index contributed by atoms with van der Waals surface area (Å²) in [7, 11) is 0. The number of halogens is 1. The minimum atomic E-state index is -0.538. The van der Waals surface area contributed by atoms with Crippen molar-refractivity contribution >= 4 is 5.97 Å². The molecule has 104 valence electrons. The molecule has 1 aromatic carbocycles. The highest BCUT2D eigenvalue weighted by atomic mass is 19.1. The number of carbonyl (C=O) groups excluding carboxylic acids is 1. The van der Waals surface area contributed by atoms with Crippen LogP contribution in [-0.4, -0.2) is 17.6 Å². The van der Waals surface area contributed by atoms with E-state index < -0.39 is 11.8 Å². The quantitative estimate of drug-likeness (QED) is 0.801. The van der Waals surface area contributed by atoms with Gasteiger partial charge < -0.3 is 9.15 Å². The predicted octanol–water partition coefficient (Wildman–Crippen LogP) is 3.53. The Morgan fingerprint density at radius 1 is 1.45 bits per heavy atom. The van der Waals surface area contributed by atoms with Crippen LogP contribution >= 0.6 is 0 Å². The first-order valence-corrected chi connectivity index (χ1v) is 6.63. The third-order valence-electron chi connectivity index (χ3n) is 3.18. The number of aromatic nitrogens is 1. The Morgan fingerprint density at radius 3 is 2.85 bits per heavy atom. The lowest BCUT2D eigenvalue weighted by Crippen LogP contribution is -2.05. The molecule has 1 aliphatic carbocycles. The van der Waals surface area contributed by atoms with E-state index >= 15 is 0 Å². The minimum absolute atomic E-state index is 0.104. The van der Waals surface area contributed by atoms with E-state index in [0.717, 1.165) is 12.8 Å². The highest BCUT2D eigenvalue weighted by Gasteiger charge is 2.34. The van der Waals surface area contributed by atoms with Gasteiger partial charge in [-0.05, 0) is 31.9 Å². The van der Waals surface area contributed by atoms with E-state index in [9.17, 15) is 9.18 Å². The zero-order chi connectivity index (χ0) is 14.1. The van der Waals surface area contributed by atoms with E-state index in [1.165, 1.54) is 6.07 Å². The SMILES string of the molecule is CCOC(=O)c1oc(-c2ccccc2F)nc1C1CC1. The van der Waals surface area contributed by atoms with Crippen molar-refractivity contribution in [1.29, 1.82) is 0 Å². The molecule has 2 aromatic rings. The number of hydrogen-bond donors (Lipinski definition) is 0. The molecule has 0 N–H and O–H groups in total. The summed E-state index contributed by atoms with van der Waals surface area (Å²) in [5.41, 5.74) is 0.839. The normalized spacial score (nSPS) is 14.3. The largest absolute Gasteiger partial charge is 0.460 e. The fraction of sp³-hybridized carbons (Fsp3) is 0.333. The molecule has 1 fully saturated rings. The van der Waals surface area contributed by atoms with E-state index in [-0.39, 0.29) is 29.7 Å². The summed E-state index contributed by atoms with van der Waals surface area (Å²) in [5, 5.41) is 0. The van der Waals surface area contributed by atoms with E-state index in [4.69, 9.17) is 9.15 Å². The first-order chi connectivity index (χ1) is 9.70. The first-order valence-electron chi connectivity index (χ1n) is 6.63. The fourth-order valence-electron chi connectivity index (χ4n) is 2.06. The molecule has 1 heterocycles. The smallest absolute Gasteiger partial charge is 0.376 e. The second kappa shape index (κ2) is 5.07. The summed E-state index contributed by atoms with van der Waals surface area (Å²) >= 11 is 0. The van der Waals surface area contributed by atoms with E-state index in [2.05, 4.69) is 4.98 Å². The fourth-order valence-corrected chi connectivity index (χ4v) is 2.06. The van der Waals surface area contributed by atoms with Gasteiger partial charge in [0, 0.05) is 5.92 Å². The number of oxazole rings is 1. The van der Waals surface area contributed by atoms with Crippen molar-refractivity contribution in [3.05, 3.63) is 41.5 Å². The Bertz CT molecular complexity index is 646. The molecule has 0 atom stereocenters. The Morgan fingerprint density at radius 2 is 2.20 bits per heavy atom. The van der Waals surface area contributed by atoms with Gasteiger partial charge in [0.15, 0.2) is 0 Å². The van der Waals surface area contributed by atoms with E-state index in [1.807, 2.05) is 0 Å². The van der Waals surface area contributed by atoms with Crippen molar-refractivity contribution in [1.82, 2.24) is 4.98 Å². The van der Waals surface area contributed by atoms with Gasteiger partial charge in [0.25, 0.3) is 0 Å². The minimum Gasteiger partial charge on any atom is -0.460 e. The molecule has 4 nitrogen and oxygen atoms in total. The Kier molecular flexibility index (Phi) is 3.26. The summed E-state index contributed by atoms with van der Waals surface area (Å²) in [6.45, 7) is 1.99. The summed E-state index contributed by atoms with van der Waals surface area (Å²) in [4.78, 5) is 16.2. The van der Waals surface area contributed by atoms with Crippen LogP contribution in [0.4, 0.5) is 4.39 Å². The molecular weight excluding hydrogens is 261 g/mol. The van der Waals surface area contributed by atoms with Crippen molar-refractivity contribution in [2.45, 2.75) is 25.7 Å². The lowest BCUT2D eigenvalue weighted by Gasteiger charge is -1.99. The van der Waals surface area contributed by atoms with Crippen molar-refractivity contribution in [2.75, 3.05) is 6.61 Å². The van der Waals surface area contributed by atoms with E-state index in [0.29, 0.717) is 5.69 Å². The number of benzene rings is 1. The van der Waals surface area contributed by atoms with Gasteiger partial charge >= 0.3 is 5.97 Å². The average molecular weight is 275 g/mol. The molecule has 0 aliphatic heterocycles. The molecule has 3 rings (SSSR count). The molecule has 0 bridgehead atoms. The van der Waals surface area contributed by atoms with Crippen molar-refractivity contribution < 1.29 is 18.3 Å². The molecule has 20 heavy (non-hydrogen) atoms. The van der Waals surface area contributed by atoms with Crippen LogP contribution in [0.2, 0.25) is 0 Å². The molecular formula is C15H14FNO3. The van der Waals surface area contributed by atoms with Gasteiger partial charge in [-0.2, -0.15) is 0 Å². The molecule has 1 saturated carbocycles. The van der Waals surface area contributed by atoms with Crippen molar-refractivity contribution in [3.8, 4) is 11.5 Å². The van der Waals surface area contributed by atoms with Crippen molar-refractivity contribution in [2.24, 2.45) is 0 Å². The van der Waals surface area contributed by atoms with Gasteiger partial charge in [-0.25, -0.2) is 14.2 Å². The topological polar surface area (TPSA) is 52.3 Å². The maximum absolute atomic E-state index is 13.8. The molecule has 1 aliphatic rings. The number of rotatable bonds is 4. The summed E-state index contributed by atoms with van der Waals surface area (Å²) in [5.74, 6) is -0.504. The Hall–Kier alpha value is -2.17. The van der Waals surface area contributed by atoms with Crippen LogP contribution < -0.4 is 0 Å². The van der Waals surface area contributed by atoms with Gasteiger partial charge in [-0.1, -0.05) is 12.1 Å². The summed E-state index contributed by atoms with van der Waals surface area (Å²) < 4.78 is 24.2. The highest BCUT2D eigenvalue weighted by molar-refractivity contribution is 5.88. The van der Waals surface area contributed by atoms with Gasteiger partial charge in [0.1, 0.15) is 5.82 Å². The molecule has 0 amide bonds. The third kappa shape index (κ3) is 2.31. The number of hydrogen-bond acceptors (Lipinski definition) is 4. The maximum Gasteiger partial charge on any atom is 0.376 e. The first kappa shape index (κ1) is 12.8. The second-order valence-electron chi connectivity index (χ2n) is 4.71. The van der Waals surface area contributed by atoms with Crippen molar-refractivity contribution in [3.63, 3.8) is 0 Å². The molecule has 0 radical (unpaired) electrons. The maximum atomic E-state index is 13.8. The molecule has 0 unspecified atom stereocenters. The van der Waals surface area contributed by atoms with Crippen LogP contribution in [0.15, 0.2) is 28.7 Å². The van der Waals surface area contributed by atoms with Gasteiger partial charge in [-0.15, -0.1) is 0 Å². The number of ether oxygens (including phenoxy) is 1. The zero-order valence-corrected chi connectivity index (χ0v) is 11.1. The lowest BCUT2D eigenvalue weighted by molar-refractivity contribution is 0.0489. The number of nitrogens with zero attached hydrogens (tertiary/aromatic N) is 1. The number of carbonyl (C=O) groups is 1. The average Bonchev–Trinajstić information content (AvgIpc) is 3.19. The molecule has 0 spiro atoms. The van der Waals surface area contributed by atoms with E-state index in [1.54, 1.807) is 25.1 Å². The summed E-state index contributed by atoms with van der Waals surface area (Å²) in [6, 6.07) is 6.20. The van der Waals surface area contributed by atoms with Crippen LogP contribution in [0.3, 0.4) is 0 Å². The van der Waals surface area contributed by atoms with Crippen LogP contribution in [0.25, 0.3) is 11.5 Å². The van der Waals surface area contributed by atoms with Gasteiger partial charge in [0.05, 0.1) is 17.9 Å². The molecule has 1 aromatic heterocycles. The molecule has 0 saturated heterocycles. The third-order valence-corrected chi connectivity index (χ3v) is 3.18. The lowest BCUT2D eigenvalue weighted by atomic mass is 10.2. The second-order valence-corrected chi connectivity index (χ2v) is 4.71. The highest BCUT2D eigenvalue weighted by Crippen LogP contribution is 2.42. The number of esters is 1. The molecule has 5 heteroatoms. The Balaban J connectivity index is 2.03. The summed E-state index contributed by atoms with van der Waals surface area (Å²) in [6.07, 6.45) is 1.94. The van der Waals surface area contributed by atoms with Crippen LogP contribution in [0, 0.1) is 5.82 Å². The van der Waals surface area contributed by atoms with Crippen LogP contribution in [-0.2, 0) is 4.74 Å². The van der Waals surface area contributed by atoms with Crippen LogP contribution in [0.5, 0.6) is 0 Å². The zero-order valence-electron chi connectivity index (χ0n) is 11.1. The predicted molar refractivity (Wildman–Crippen MR) is 69.8 cm³/mol. The van der Waals surface area contributed by atoms with Gasteiger partial charge in [0.2, 0.25) is 11.7 Å². The standard InChI is InChI=1S/C15H14FNO3/c1-2-19-15(18)13-12(9-7-8-9)17-14(20-13)10-5-3-4-6-11(10)16/h3-6,9H,2,7-8H2,1H3. The Labute approximate surface area is 115 Å².